The molecule has 0 aliphatic rings. The number of anilines is 1. The third kappa shape index (κ3) is 4.54. The second kappa shape index (κ2) is 8.07. The number of hydrogen-bond acceptors (Lipinski definition) is 4. The van der Waals surface area contributed by atoms with Gasteiger partial charge in [-0.2, -0.15) is 0 Å². The van der Waals surface area contributed by atoms with Crippen LogP contribution in [0.2, 0.25) is 0 Å². The Balaban J connectivity index is 1.55. The summed E-state index contributed by atoms with van der Waals surface area (Å²) in [5.41, 5.74) is 2.22. The van der Waals surface area contributed by atoms with Gasteiger partial charge in [-0.05, 0) is 42.8 Å². The maximum atomic E-state index is 12.3. The van der Waals surface area contributed by atoms with Gasteiger partial charge in [0.2, 0.25) is 0 Å². The van der Waals surface area contributed by atoms with Crippen LogP contribution in [0, 0.1) is 6.92 Å². The average Bonchev–Trinajstić information content (AvgIpc) is 2.69. The van der Waals surface area contributed by atoms with Crippen LogP contribution in [-0.2, 0) is 4.79 Å². The van der Waals surface area contributed by atoms with Crippen molar-refractivity contribution in [2.75, 3.05) is 11.9 Å². The Hall–Kier alpha value is -3.47. The standard InChI is InChI=1S/C21H18N2O3/c1-15-7-12-19(22-13-15)23-20(24)14-26-18-10-8-17(9-11-18)21(25)16-5-3-2-4-6-16/h2-13H,14H2,1H3,(H,22,23,24). The molecule has 5 nitrogen and oxygen atoms in total. The molecule has 0 saturated heterocycles. The summed E-state index contributed by atoms with van der Waals surface area (Å²) in [6.07, 6.45) is 1.68. The summed E-state index contributed by atoms with van der Waals surface area (Å²) in [5.74, 6) is 0.640. The fraction of sp³-hybridized carbons (Fsp3) is 0.0952. The third-order valence-electron chi connectivity index (χ3n) is 3.70. The maximum Gasteiger partial charge on any atom is 0.263 e. The number of ether oxygens (including phenoxy) is 1. The van der Waals surface area contributed by atoms with Crippen molar-refractivity contribution in [2.24, 2.45) is 0 Å². The highest BCUT2D eigenvalue weighted by Crippen LogP contribution is 2.15. The second-order valence-corrected chi connectivity index (χ2v) is 5.78. The van der Waals surface area contributed by atoms with E-state index >= 15 is 0 Å². The van der Waals surface area contributed by atoms with Gasteiger partial charge >= 0.3 is 0 Å². The average molecular weight is 346 g/mol. The molecule has 0 radical (unpaired) electrons. The van der Waals surface area contributed by atoms with Gasteiger partial charge in [0, 0.05) is 17.3 Å². The van der Waals surface area contributed by atoms with E-state index in [1.54, 1.807) is 48.7 Å². The molecule has 1 amide bonds. The van der Waals surface area contributed by atoms with Crippen LogP contribution >= 0.6 is 0 Å². The number of aryl methyl sites for hydroxylation is 1. The summed E-state index contributed by atoms with van der Waals surface area (Å²) in [4.78, 5) is 28.3. The van der Waals surface area contributed by atoms with Gasteiger partial charge in [0.1, 0.15) is 11.6 Å². The van der Waals surface area contributed by atoms with Crippen LogP contribution in [0.4, 0.5) is 5.82 Å². The van der Waals surface area contributed by atoms with Crippen LogP contribution in [0.25, 0.3) is 0 Å². The predicted octanol–water partition coefficient (Wildman–Crippen LogP) is 3.64. The zero-order valence-electron chi connectivity index (χ0n) is 14.3. The lowest BCUT2D eigenvalue weighted by Crippen LogP contribution is -2.20. The molecule has 0 saturated carbocycles. The first-order valence-corrected chi connectivity index (χ1v) is 8.17. The third-order valence-corrected chi connectivity index (χ3v) is 3.70. The van der Waals surface area contributed by atoms with Crippen LogP contribution < -0.4 is 10.1 Å². The zero-order valence-corrected chi connectivity index (χ0v) is 14.3. The molecule has 3 rings (SSSR count). The van der Waals surface area contributed by atoms with Gasteiger partial charge in [0.15, 0.2) is 12.4 Å². The Kier molecular flexibility index (Phi) is 5.39. The first-order valence-electron chi connectivity index (χ1n) is 8.17. The number of carbonyl (C=O) groups excluding carboxylic acids is 2. The SMILES string of the molecule is Cc1ccc(NC(=O)COc2ccc(C(=O)c3ccccc3)cc2)nc1. The Morgan fingerprint density at radius 2 is 1.62 bits per heavy atom. The summed E-state index contributed by atoms with van der Waals surface area (Å²) < 4.78 is 5.45. The smallest absolute Gasteiger partial charge is 0.263 e. The second-order valence-electron chi connectivity index (χ2n) is 5.78. The highest BCUT2D eigenvalue weighted by molar-refractivity contribution is 6.09. The van der Waals surface area contributed by atoms with Crippen molar-refractivity contribution in [3.05, 3.63) is 89.6 Å². The molecule has 5 heteroatoms. The molecule has 3 aromatic rings. The molecule has 0 aliphatic carbocycles. The molecule has 26 heavy (non-hydrogen) atoms. The molecular formula is C21H18N2O3. The number of pyridine rings is 1. The number of benzene rings is 2. The number of hydrogen-bond donors (Lipinski definition) is 1. The number of rotatable bonds is 6. The number of amides is 1. The van der Waals surface area contributed by atoms with Crippen molar-refractivity contribution >= 4 is 17.5 Å². The summed E-state index contributed by atoms with van der Waals surface area (Å²) >= 11 is 0. The van der Waals surface area contributed by atoms with Gasteiger partial charge in [0.25, 0.3) is 5.91 Å². The minimum atomic E-state index is -0.300. The summed E-state index contributed by atoms with van der Waals surface area (Å²) in [6, 6.07) is 19.4. The quantitative estimate of drug-likeness (QED) is 0.692. The number of ketones is 1. The van der Waals surface area contributed by atoms with E-state index in [-0.39, 0.29) is 18.3 Å². The van der Waals surface area contributed by atoms with Gasteiger partial charge in [-0.15, -0.1) is 0 Å². The largest absolute Gasteiger partial charge is 0.484 e. The Morgan fingerprint density at radius 3 is 2.27 bits per heavy atom. The van der Waals surface area contributed by atoms with E-state index in [9.17, 15) is 9.59 Å². The van der Waals surface area contributed by atoms with E-state index in [4.69, 9.17) is 4.74 Å². The maximum absolute atomic E-state index is 12.3. The van der Waals surface area contributed by atoms with Crippen LogP contribution in [0.15, 0.2) is 72.9 Å². The van der Waals surface area contributed by atoms with Crippen LogP contribution in [0.1, 0.15) is 21.5 Å². The molecule has 0 spiro atoms. The van der Waals surface area contributed by atoms with Crippen molar-refractivity contribution in [1.29, 1.82) is 0 Å². The fourth-order valence-electron chi connectivity index (χ4n) is 2.33. The topological polar surface area (TPSA) is 68.3 Å². The van der Waals surface area contributed by atoms with Gasteiger partial charge in [-0.3, -0.25) is 9.59 Å². The van der Waals surface area contributed by atoms with Gasteiger partial charge < -0.3 is 10.1 Å². The molecule has 0 unspecified atom stereocenters. The monoisotopic (exact) mass is 346 g/mol. The lowest BCUT2D eigenvalue weighted by Gasteiger charge is -2.08. The van der Waals surface area contributed by atoms with Crippen LogP contribution in [-0.4, -0.2) is 23.3 Å². The highest BCUT2D eigenvalue weighted by Gasteiger charge is 2.09. The lowest BCUT2D eigenvalue weighted by molar-refractivity contribution is -0.118. The summed E-state index contributed by atoms with van der Waals surface area (Å²) in [5, 5.41) is 2.66. The van der Waals surface area contributed by atoms with E-state index in [0.29, 0.717) is 22.7 Å². The van der Waals surface area contributed by atoms with Crippen molar-refractivity contribution in [2.45, 2.75) is 6.92 Å². The molecule has 0 bridgehead atoms. The molecule has 1 heterocycles. The molecule has 2 aromatic carbocycles. The van der Waals surface area contributed by atoms with Crippen LogP contribution in [0.3, 0.4) is 0 Å². The lowest BCUT2D eigenvalue weighted by atomic mass is 10.0. The summed E-state index contributed by atoms with van der Waals surface area (Å²) in [6.45, 7) is 1.79. The molecule has 1 aromatic heterocycles. The normalized spacial score (nSPS) is 10.2. The minimum absolute atomic E-state index is 0.0552. The number of aromatic nitrogens is 1. The molecule has 0 aliphatic heterocycles. The van der Waals surface area contributed by atoms with Crippen molar-refractivity contribution in [1.82, 2.24) is 4.98 Å². The first kappa shape index (κ1) is 17.4. The van der Waals surface area contributed by atoms with Crippen molar-refractivity contribution < 1.29 is 14.3 Å². The molecule has 0 fully saturated rings. The highest BCUT2D eigenvalue weighted by atomic mass is 16.5. The Labute approximate surface area is 151 Å². The molecule has 1 N–H and O–H groups in total. The van der Waals surface area contributed by atoms with E-state index in [0.717, 1.165) is 5.56 Å². The molecule has 130 valence electrons. The Morgan fingerprint density at radius 1 is 0.923 bits per heavy atom. The predicted molar refractivity (Wildman–Crippen MR) is 99.4 cm³/mol. The molecular weight excluding hydrogens is 328 g/mol. The summed E-state index contributed by atoms with van der Waals surface area (Å²) in [7, 11) is 0. The molecule has 0 atom stereocenters. The van der Waals surface area contributed by atoms with Gasteiger partial charge in [0.05, 0.1) is 0 Å². The van der Waals surface area contributed by atoms with Crippen LogP contribution in [0.5, 0.6) is 5.75 Å². The fourth-order valence-corrected chi connectivity index (χ4v) is 2.33. The minimum Gasteiger partial charge on any atom is -0.484 e. The number of nitrogens with zero attached hydrogens (tertiary/aromatic N) is 1. The van der Waals surface area contributed by atoms with E-state index < -0.39 is 0 Å². The number of carbonyl (C=O) groups is 2. The first-order chi connectivity index (χ1) is 12.6. The van der Waals surface area contributed by atoms with E-state index in [1.165, 1.54) is 0 Å². The van der Waals surface area contributed by atoms with Gasteiger partial charge in [-0.25, -0.2) is 4.98 Å². The van der Waals surface area contributed by atoms with Crippen molar-refractivity contribution in [3.63, 3.8) is 0 Å². The van der Waals surface area contributed by atoms with Gasteiger partial charge in [-0.1, -0.05) is 36.4 Å². The Bertz CT molecular complexity index is 889. The van der Waals surface area contributed by atoms with E-state index in [1.807, 2.05) is 31.2 Å². The zero-order chi connectivity index (χ0) is 18.4. The van der Waals surface area contributed by atoms with E-state index in [2.05, 4.69) is 10.3 Å². The van der Waals surface area contributed by atoms with Crippen molar-refractivity contribution in [3.8, 4) is 5.75 Å². The number of nitrogens with one attached hydrogen (secondary N) is 1.